The van der Waals surface area contributed by atoms with Gasteiger partial charge in [0, 0.05) is 38.2 Å². The van der Waals surface area contributed by atoms with E-state index < -0.39 is 28.9 Å². The number of carbonyl (C=O) groups is 1. The predicted molar refractivity (Wildman–Crippen MR) is 172 cm³/mol. The molecule has 0 saturated heterocycles. The smallest absolute Gasteiger partial charge is 0.317 e. The van der Waals surface area contributed by atoms with Gasteiger partial charge in [-0.2, -0.15) is 13.2 Å². The number of halogens is 5. The number of amides is 1. The molecule has 0 radical (unpaired) electrons. The molecule has 0 unspecified atom stereocenters. The lowest BCUT2D eigenvalue weighted by Gasteiger charge is -2.18. The van der Waals surface area contributed by atoms with E-state index in [1.165, 1.54) is 30.8 Å². The quantitative estimate of drug-likeness (QED) is 0.227. The van der Waals surface area contributed by atoms with E-state index in [9.17, 15) is 27.6 Å². The summed E-state index contributed by atoms with van der Waals surface area (Å²) < 4.78 is 44.6. The number of aromatic nitrogens is 5. The molecule has 240 valence electrons. The number of imidazole rings is 1. The van der Waals surface area contributed by atoms with Crippen LogP contribution in [0.5, 0.6) is 0 Å². The number of carbonyl (C=O) groups excluding carboxylic acids is 1. The first-order chi connectivity index (χ1) is 21.7. The fraction of sp³-hybridized carbons (Fsp3) is 0.258. The highest BCUT2D eigenvalue weighted by molar-refractivity contribution is 9.10. The van der Waals surface area contributed by atoms with Crippen LogP contribution in [0, 0.1) is 0 Å². The Balaban J connectivity index is 1.35. The number of nitrogens with one attached hydrogen (secondary N) is 1. The molecule has 0 bridgehead atoms. The Labute approximate surface area is 274 Å². The summed E-state index contributed by atoms with van der Waals surface area (Å²) in [5.41, 5.74) is 0.249. The molecule has 2 aromatic carbocycles. The summed E-state index contributed by atoms with van der Waals surface area (Å²) in [6.45, 7) is 0.715. The lowest BCUT2D eigenvalue weighted by atomic mass is 10.1. The van der Waals surface area contributed by atoms with Gasteiger partial charge in [0.1, 0.15) is 11.6 Å². The normalized spacial score (nSPS) is 11.8. The van der Waals surface area contributed by atoms with Gasteiger partial charge in [-0.05, 0) is 54.6 Å². The molecule has 0 spiro atoms. The minimum atomic E-state index is -4.56. The zero-order chi connectivity index (χ0) is 33.3. The molecule has 0 aliphatic carbocycles. The van der Waals surface area contributed by atoms with Crippen molar-refractivity contribution in [3.63, 3.8) is 0 Å². The zero-order valence-corrected chi connectivity index (χ0v) is 27.2. The van der Waals surface area contributed by atoms with E-state index in [1.807, 2.05) is 24.3 Å². The van der Waals surface area contributed by atoms with E-state index >= 15 is 0 Å². The molecule has 0 atom stereocenters. The second-order valence-electron chi connectivity index (χ2n) is 10.8. The lowest BCUT2D eigenvalue weighted by Crippen LogP contribution is -2.37. The Morgan fingerprint density at radius 1 is 0.978 bits per heavy atom. The van der Waals surface area contributed by atoms with Crippen molar-refractivity contribution in [1.29, 1.82) is 0 Å². The molecule has 0 fully saturated rings. The average Bonchev–Trinajstić information content (AvgIpc) is 3.32. The van der Waals surface area contributed by atoms with Gasteiger partial charge in [0.05, 0.1) is 22.7 Å². The minimum absolute atomic E-state index is 0.164. The number of fused-ring (bicyclic) bond motifs is 1. The van der Waals surface area contributed by atoms with Crippen LogP contribution < -0.4 is 16.6 Å². The van der Waals surface area contributed by atoms with Gasteiger partial charge in [-0.1, -0.05) is 51.8 Å². The second kappa shape index (κ2) is 13.2. The van der Waals surface area contributed by atoms with Crippen LogP contribution in [0.15, 0.2) is 74.7 Å². The standard InChI is InChI=1S/C31H28BrClF3N7O3/c1-40(15-19-10-11-23(33)22(13-19)31(34,35)36)17-21-8-5-9-24(37-21)38-26(44)14-25-39-28-27(29(45)42(3)30(46)41(28)2)43(25)16-18-6-4-7-20(32)12-18/h4-13H,14-17H2,1-3H3,(H,37,38,44). The lowest BCUT2D eigenvalue weighted by molar-refractivity contribution is -0.137. The van der Waals surface area contributed by atoms with Gasteiger partial charge in [-0.3, -0.25) is 23.6 Å². The molecule has 5 rings (SSSR count). The maximum Gasteiger partial charge on any atom is 0.417 e. The number of anilines is 1. The Kier molecular flexibility index (Phi) is 9.52. The largest absolute Gasteiger partial charge is 0.417 e. The van der Waals surface area contributed by atoms with Crippen LogP contribution in [0.3, 0.4) is 0 Å². The number of nitrogens with zero attached hydrogens (tertiary/aromatic N) is 6. The molecule has 5 aromatic rings. The van der Waals surface area contributed by atoms with E-state index in [-0.39, 0.29) is 53.9 Å². The number of aryl methyl sites for hydroxylation is 1. The van der Waals surface area contributed by atoms with Crippen LogP contribution in [0.1, 0.15) is 28.2 Å². The molecule has 0 aliphatic heterocycles. The van der Waals surface area contributed by atoms with E-state index in [4.69, 9.17) is 11.6 Å². The SMILES string of the molecule is CN(Cc1ccc(Cl)c(C(F)(F)F)c1)Cc1cccc(NC(=O)Cc2nc3c(c(=O)n(C)c(=O)n3C)n2Cc2cccc(Br)c2)n1. The van der Waals surface area contributed by atoms with Crippen LogP contribution in [0.4, 0.5) is 19.0 Å². The second-order valence-corrected chi connectivity index (χ2v) is 12.2. The summed E-state index contributed by atoms with van der Waals surface area (Å²) in [4.78, 5) is 49.9. The van der Waals surface area contributed by atoms with E-state index in [0.717, 1.165) is 20.7 Å². The van der Waals surface area contributed by atoms with Crippen molar-refractivity contribution >= 4 is 50.4 Å². The number of hydrogen-bond donors (Lipinski definition) is 1. The van der Waals surface area contributed by atoms with Gasteiger partial charge in [0.15, 0.2) is 11.2 Å². The highest BCUT2D eigenvalue weighted by atomic mass is 79.9. The summed E-state index contributed by atoms with van der Waals surface area (Å²) in [7, 11) is 4.64. The van der Waals surface area contributed by atoms with Crippen molar-refractivity contribution in [3.8, 4) is 0 Å². The maximum atomic E-state index is 13.3. The Morgan fingerprint density at radius 3 is 2.43 bits per heavy atom. The van der Waals surface area contributed by atoms with Crippen molar-refractivity contribution in [2.24, 2.45) is 14.1 Å². The average molecular weight is 719 g/mol. The molecule has 1 N–H and O–H groups in total. The third-order valence-corrected chi connectivity index (χ3v) is 8.09. The summed E-state index contributed by atoms with van der Waals surface area (Å²) >= 11 is 9.19. The monoisotopic (exact) mass is 717 g/mol. The first-order valence-electron chi connectivity index (χ1n) is 13.9. The van der Waals surface area contributed by atoms with Crippen molar-refractivity contribution in [3.05, 3.63) is 119 Å². The Morgan fingerprint density at radius 2 is 1.72 bits per heavy atom. The zero-order valence-electron chi connectivity index (χ0n) is 24.9. The van der Waals surface area contributed by atoms with Gasteiger partial charge in [0.2, 0.25) is 5.91 Å². The van der Waals surface area contributed by atoms with E-state index in [1.54, 1.807) is 34.7 Å². The molecule has 1 amide bonds. The van der Waals surface area contributed by atoms with Gasteiger partial charge in [-0.25, -0.2) is 14.8 Å². The molecular formula is C31H28BrClF3N7O3. The Bertz CT molecular complexity index is 2070. The van der Waals surface area contributed by atoms with E-state index in [0.29, 0.717) is 11.3 Å². The fourth-order valence-corrected chi connectivity index (χ4v) is 5.79. The third kappa shape index (κ3) is 7.24. The molecule has 0 aliphatic rings. The fourth-order valence-electron chi connectivity index (χ4n) is 5.11. The summed E-state index contributed by atoms with van der Waals surface area (Å²) in [5, 5.41) is 2.40. The molecule has 3 heterocycles. The molecule has 0 saturated carbocycles. The first kappa shape index (κ1) is 33.1. The molecule has 15 heteroatoms. The van der Waals surface area contributed by atoms with Crippen LogP contribution >= 0.6 is 27.5 Å². The molecular weight excluding hydrogens is 691 g/mol. The van der Waals surface area contributed by atoms with Crippen molar-refractivity contribution < 1.29 is 18.0 Å². The van der Waals surface area contributed by atoms with E-state index in [2.05, 4.69) is 31.2 Å². The van der Waals surface area contributed by atoms with Crippen LogP contribution in [-0.4, -0.2) is 41.5 Å². The maximum absolute atomic E-state index is 13.3. The topological polar surface area (TPSA) is 107 Å². The predicted octanol–water partition coefficient (Wildman–Crippen LogP) is 5.12. The number of rotatable bonds is 9. The molecule has 3 aromatic heterocycles. The molecule has 10 nitrogen and oxygen atoms in total. The summed E-state index contributed by atoms with van der Waals surface area (Å²) in [6.07, 6.45) is -4.78. The number of alkyl halides is 3. The number of pyridine rings is 1. The number of hydrogen-bond acceptors (Lipinski definition) is 6. The molecule has 46 heavy (non-hydrogen) atoms. The van der Waals surface area contributed by atoms with Gasteiger partial charge in [-0.15, -0.1) is 0 Å². The Hall–Kier alpha value is -4.27. The van der Waals surface area contributed by atoms with Crippen molar-refractivity contribution in [2.45, 2.75) is 32.2 Å². The third-order valence-electron chi connectivity index (χ3n) is 7.27. The van der Waals surface area contributed by atoms with Gasteiger partial charge in [0.25, 0.3) is 5.56 Å². The van der Waals surface area contributed by atoms with Crippen LogP contribution in [0.25, 0.3) is 11.2 Å². The minimum Gasteiger partial charge on any atom is -0.317 e. The summed E-state index contributed by atoms with van der Waals surface area (Å²) in [5.74, 6) is 0.0917. The van der Waals surface area contributed by atoms with Crippen molar-refractivity contribution in [1.82, 2.24) is 28.6 Å². The van der Waals surface area contributed by atoms with Gasteiger partial charge >= 0.3 is 11.9 Å². The number of benzene rings is 2. The highest BCUT2D eigenvalue weighted by Crippen LogP contribution is 2.35. The highest BCUT2D eigenvalue weighted by Gasteiger charge is 2.33. The van der Waals surface area contributed by atoms with Crippen LogP contribution in [-0.2, 0) is 51.1 Å². The van der Waals surface area contributed by atoms with Gasteiger partial charge < -0.3 is 9.88 Å². The van der Waals surface area contributed by atoms with Crippen LogP contribution in [0.2, 0.25) is 5.02 Å². The van der Waals surface area contributed by atoms with Crippen molar-refractivity contribution in [2.75, 3.05) is 12.4 Å². The first-order valence-corrected chi connectivity index (χ1v) is 15.1. The summed E-state index contributed by atoms with van der Waals surface area (Å²) in [6, 6.07) is 16.3.